The molecule has 6 nitrogen and oxygen atoms in total. The lowest BCUT2D eigenvalue weighted by Gasteiger charge is -2.22. The molecule has 2 N–H and O–H groups in total. The van der Waals surface area contributed by atoms with Crippen molar-refractivity contribution in [2.75, 3.05) is 27.3 Å². The van der Waals surface area contributed by atoms with Gasteiger partial charge < -0.3 is 10.1 Å². The van der Waals surface area contributed by atoms with Gasteiger partial charge in [-0.15, -0.1) is 0 Å². The van der Waals surface area contributed by atoms with Gasteiger partial charge in [-0.25, -0.2) is 0 Å². The van der Waals surface area contributed by atoms with Crippen molar-refractivity contribution in [3.05, 3.63) is 41.6 Å². The van der Waals surface area contributed by atoms with E-state index < -0.39 is 0 Å². The van der Waals surface area contributed by atoms with Crippen LogP contribution in [0, 0.1) is 0 Å². The minimum Gasteiger partial charge on any atom is -0.385 e. The van der Waals surface area contributed by atoms with Crippen molar-refractivity contribution in [1.82, 2.24) is 20.7 Å². The molecule has 1 saturated carbocycles. The number of ether oxygens (including phenoxy) is 1. The van der Waals surface area contributed by atoms with Gasteiger partial charge in [0.05, 0.1) is 11.1 Å². The van der Waals surface area contributed by atoms with Crippen molar-refractivity contribution in [2.45, 2.75) is 25.2 Å². The molecule has 2 aromatic rings. The number of carbonyl (C=O) groups is 1. The molecule has 0 atom stereocenters. The van der Waals surface area contributed by atoms with E-state index in [2.05, 4.69) is 10.7 Å². The largest absolute Gasteiger partial charge is 0.385 e. The first kappa shape index (κ1) is 18.5. The van der Waals surface area contributed by atoms with Gasteiger partial charge in [-0.1, -0.05) is 18.2 Å². The monoisotopic (exact) mass is 372 g/mol. The fraction of sp³-hybridized carbons (Fsp3) is 0.421. The molecule has 3 rings (SSSR count). The number of nitrogens with one attached hydrogen (secondary N) is 2. The molecule has 0 saturated heterocycles. The van der Waals surface area contributed by atoms with Crippen LogP contribution in [0.15, 0.2) is 30.3 Å². The van der Waals surface area contributed by atoms with E-state index in [9.17, 15) is 4.79 Å². The Bertz CT molecular complexity index is 807. The molecule has 7 heteroatoms. The predicted molar refractivity (Wildman–Crippen MR) is 106 cm³/mol. The molecule has 1 aromatic heterocycles. The van der Waals surface area contributed by atoms with Crippen LogP contribution in [0.5, 0.6) is 0 Å². The molecule has 1 aliphatic carbocycles. The van der Waals surface area contributed by atoms with E-state index in [1.54, 1.807) is 14.2 Å². The number of fused-ring (bicyclic) bond motifs is 1. The minimum absolute atomic E-state index is 0.186. The summed E-state index contributed by atoms with van der Waals surface area (Å²) in [7, 11) is 3.40. The van der Waals surface area contributed by atoms with E-state index in [4.69, 9.17) is 21.9 Å². The van der Waals surface area contributed by atoms with E-state index in [-0.39, 0.29) is 5.91 Å². The summed E-state index contributed by atoms with van der Waals surface area (Å²) in [6.45, 7) is 1.36. The van der Waals surface area contributed by atoms with Crippen molar-refractivity contribution >= 4 is 34.1 Å². The van der Waals surface area contributed by atoms with Crippen LogP contribution in [-0.2, 0) is 4.74 Å². The van der Waals surface area contributed by atoms with Crippen LogP contribution in [0.25, 0.3) is 10.9 Å². The second-order valence-corrected chi connectivity index (χ2v) is 6.85. The highest BCUT2D eigenvalue weighted by Crippen LogP contribution is 2.40. The number of methoxy groups -OCH3 is 1. The Morgan fingerprint density at radius 1 is 1.38 bits per heavy atom. The van der Waals surface area contributed by atoms with Gasteiger partial charge in [0.1, 0.15) is 0 Å². The number of nitrogens with zero attached hydrogens (tertiary/aromatic N) is 2. The highest BCUT2D eigenvalue weighted by molar-refractivity contribution is 7.80. The Morgan fingerprint density at radius 2 is 2.15 bits per heavy atom. The van der Waals surface area contributed by atoms with Gasteiger partial charge in [0.15, 0.2) is 5.11 Å². The number of para-hydroxylation sites is 1. The van der Waals surface area contributed by atoms with Crippen molar-refractivity contribution < 1.29 is 9.53 Å². The van der Waals surface area contributed by atoms with E-state index >= 15 is 0 Å². The predicted octanol–water partition coefficient (Wildman–Crippen LogP) is 2.60. The van der Waals surface area contributed by atoms with E-state index in [1.165, 1.54) is 5.01 Å². The molecule has 1 heterocycles. The molecule has 0 bridgehead atoms. The third-order valence-electron chi connectivity index (χ3n) is 4.35. The maximum atomic E-state index is 12.9. The molecule has 1 aliphatic rings. The number of hydrazine groups is 1. The summed E-state index contributed by atoms with van der Waals surface area (Å²) in [6, 6.07) is 9.65. The molecular weight excluding hydrogens is 348 g/mol. The first-order valence-corrected chi connectivity index (χ1v) is 9.22. The number of thiocarbonyl (C=S) groups is 1. The molecule has 0 radical (unpaired) electrons. The summed E-state index contributed by atoms with van der Waals surface area (Å²) in [4.78, 5) is 17.6. The quantitative estimate of drug-likeness (QED) is 0.462. The maximum Gasteiger partial charge on any atom is 0.270 e. The summed E-state index contributed by atoms with van der Waals surface area (Å²) >= 11 is 5.31. The first-order valence-electron chi connectivity index (χ1n) is 8.81. The van der Waals surface area contributed by atoms with Crippen molar-refractivity contribution in [2.24, 2.45) is 0 Å². The van der Waals surface area contributed by atoms with Gasteiger partial charge >= 0.3 is 0 Å². The average Bonchev–Trinajstić information content (AvgIpc) is 3.49. The second kappa shape index (κ2) is 8.42. The van der Waals surface area contributed by atoms with Crippen LogP contribution >= 0.6 is 12.2 Å². The Morgan fingerprint density at radius 3 is 2.88 bits per heavy atom. The van der Waals surface area contributed by atoms with Crippen LogP contribution < -0.4 is 10.7 Å². The number of aromatic nitrogens is 1. The third-order valence-corrected chi connectivity index (χ3v) is 4.77. The zero-order chi connectivity index (χ0) is 18.5. The summed E-state index contributed by atoms with van der Waals surface area (Å²) in [6.07, 6.45) is 3.13. The maximum absolute atomic E-state index is 12.9. The standard InChI is InChI=1S/C19H24N4O2S/c1-23(19(26)20-10-5-11-25-2)22-18(24)15-12-17(13-8-9-13)21-16-7-4-3-6-14(15)16/h3-4,6-7,12-13H,5,8-11H2,1-2H3,(H,20,26)(H,22,24). The lowest BCUT2D eigenvalue weighted by Crippen LogP contribution is -2.48. The Hall–Kier alpha value is -2.25. The highest BCUT2D eigenvalue weighted by Gasteiger charge is 2.27. The zero-order valence-corrected chi connectivity index (χ0v) is 15.9. The van der Waals surface area contributed by atoms with Gasteiger partial charge in [0, 0.05) is 44.3 Å². The van der Waals surface area contributed by atoms with E-state index in [0.29, 0.717) is 29.7 Å². The number of hydrogen-bond acceptors (Lipinski definition) is 4. The molecule has 0 spiro atoms. The van der Waals surface area contributed by atoms with E-state index in [0.717, 1.165) is 35.9 Å². The Kier molecular flexibility index (Phi) is 6.00. The van der Waals surface area contributed by atoms with Gasteiger partial charge in [0.25, 0.3) is 5.91 Å². The van der Waals surface area contributed by atoms with Gasteiger partial charge in [-0.05, 0) is 43.6 Å². The number of hydrogen-bond donors (Lipinski definition) is 2. The number of pyridine rings is 1. The lowest BCUT2D eigenvalue weighted by atomic mass is 10.1. The van der Waals surface area contributed by atoms with Crippen molar-refractivity contribution in [3.63, 3.8) is 0 Å². The molecular formula is C19H24N4O2S. The average molecular weight is 372 g/mol. The Labute approximate surface area is 158 Å². The fourth-order valence-electron chi connectivity index (χ4n) is 2.77. The fourth-order valence-corrected chi connectivity index (χ4v) is 2.91. The molecule has 1 amide bonds. The smallest absolute Gasteiger partial charge is 0.270 e. The van der Waals surface area contributed by atoms with E-state index in [1.807, 2.05) is 30.3 Å². The zero-order valence-electron chi connectivity index (χ0n) is 15.1. The van der Waals surface area contributed by atoms with Gasteiger partial charge in [-0.2, -0.15) is 0 Å². The van der Waals surface area contributed by atoms with Crippen LogP contribution in [0.3, 0.4) is 0 Å². The first-order chi connectivity index (χ1) is 12.6. The molecule has 1 aromatic carbocycles. The lowest BCUT2D eigenvalue weighted by molar-refractivity contribution is 0.0888. The van der Waals surface area contributed by atoms with Gasteiger partial charge in [0.2, 0.25) is 0 Å². The summed E-state index contributed by atoms with van der Waals surface area (Å²) < 4.78 is 5.01. The van der Waals surface area contributed by atoms with Gasteiger partial charge in [-0.3, -0.25) is 20.2 Å². The SMILES string of the molecule is COCCCNC(=S)N(C)NC(=O)c1cc(C2CC2)nc2ccccc12. The number of carbonyl (C=O) groups excluding carboxylic acids is 1. The van der Waals surface area contributed by atoms with Crippen LogP contribution in [0.2, 0.25) is 0 Å². The minimum atomic E-state index is -0.186. The topological polar surface area (TPSA) is 66.5 Å². The number of benzene rings is 1. The van der Waals surface area contributed by atoms with Crippen LogP contribution in [0.1, 0.15) is 41.2 Å². The molecule has 0 aliphatic heterocycles. The summed E-state index contributed by atoms with van der Waals surface area (Å²) in [5, 5.41) is 5.96. The molecule has 1 fully saturated rings. The normalized spacial score (nSPS) is 13.5. The number of rotatable bonds is 6. The van der Waals surface area contributed by atoms with Crippen molar-refractivity contribution in [3.8, 4) is 0 Å². The molecule has 26 heavy (non-hydrogen) atoms. The molecule has 138 valence electrons. The Balaban J connectivity index is 1.72. The summed E-state index contributed by atoms with van der Waals surface area (Å²) in [5.41, 5.74) is 5.33. The number of amides is 1. The van der Waals surface area contributed by atoms with Crippen LogP contribution in [-0.4, -0.2) is 48.3 Å². The van der Waals surface area contributed by atoms with Crippen LogP contribution in [0.4, 0.5) is 0 Å². The molecule has 0 unspecified atom stereocenters. The second-order valence-electron chi connectivity index (χ2n) is 6.46. The summed E-state index contributed by atoms with van der Waals surface area (Å²) in [5.74, 6) is 0.293. The van der Waals surface area contributed by atoms with Crippen molar-refractivity contribution in [1.29, 1.82) is 0 Å². The highest BCUT2D eigenvalue weighted by atomic mass is 32.1. The third kappa shape index (κ3) is 4.47.